The number of benzene rings is 2. The number of anilines is 1. The van der Waals surface area contributed by atoms with Crippen LogP contribution >= 0.6 is 0 Å². The molecule has 0 fully saturated rings. The second-order valence-corrected chi connectivity index (χ2v) is 4.72. The van der Waals surface area contributed by atoms with Crippen molar-refractivity contribution in [2.24, 2.45) is 0 Å². The number of carbonyl (C=O) groups is 1. The fourth-order valence-electron chi connectivity index (χ4n) is 2.72. The molecular formula is C16H15NO2. The van der Waals surface area contributed by atoms with E-state index in [1.807, 2.05) is 53.4 Å². The summed E-state index contributed by atoms with van der Waals surface area (Å²) in [5.74, 6) is -0.803. The number of fused-ring (bicyclic) bond motifs is 1. The summed E-state index contributed by atoms with van der Waals surface area (Å²) in [7, 11) is 0. The van der Waals surface area contributed by atoms with Gasteiger partial charge < -0.3 is 10.0 Å². The van der Waals surface area contributed by atoms with E-state index in [9.17, 15) is 9.90 Å². The molecule has 0 saturated carbocycles. The first-order chi connectivity index (χ1) is 9.27. The Morgan fingerprint density at radius 2 is 1.74 bits per heavy atom. The molecule has 1 N–H and O–H groups in total. The highest BCUT2D eigenvalue weighted by atomic mass is 16.4. The molecule has 1 aliphatic rings. The van der Waals surface area contributed by atoms with Crippen molar-refractivity contribution in [3.8, 4) is 0 Å². The third-order valence-corrected chi connectivity index (χ3v) is 3.58. The van der Waals surface area contributed by atoms with Crippen molar-refractivity contribution < 1.29 is 9.90 Å². The highest BCUT2D eigenvalue weighted by Gasteiger charge is 2.31. The van der Waals surface area contributed by atoms with Crippen LogP contribution in [0.2, 0.25) is 0 Å². The molecule has 1 aliphatic heterocycles. The Morgan fingerprint density at radius 3 is 2.47 bits per heavy atom. The molecule has 2 aromatic rings. The van der Waals surface area contributed by atoms with E-state index < -0.39 is 12.0 Å². The van der Waals surface area contributed by atoms with Crippen LogP contribution in [0.1, 0.15) is 17.2 Å². The van der Waals surface area contributed by atoms with Gasteiger partial charge in [-0.25, -0.2) is 4.79 Å². The van der Waals surface area contributed by atoms with Gasteiger partial charge in [0, 0.05) is 12.2 Å². The van der Waals surface area contributed by atoms with Gasteiger partial charge in [-0.05, 0) is 23.6 Å². The van der Waals surface area contributed by atoms with Crippen molar-refractivity contribution in [3.05, 3.63) is 65.7 Å². The van der Waals surface area contributed by atoms with E-state index >= 15 is 0 Å². The highest BCUT2D eigenvalue weighted by Crippen LogP contribution is 2.35. The normalized spacial score (nSPS) is 15.1. The quantitative estimate of drug-likeness (QED) is 0.914. The van der Waals surface area contributed by atoms with Gasteiger partial charge >= 0.3 is 5.97 Å². The SMILES string of the molecule is O=C(O)[C@H](c1ccccc1)N1CCc2ccccc21. The average Bonchev–Trinajstić information content (AvgIpc) is 2.84. The number of carboxylic acids is 1. The molecule has 3 nitrogen and oxygen atoms in total. The number of para-hydroxylation sites is 1. The maximum Gasteiger partial charge on any atom is 0.331 e. The number of hydrogen-bond acceptors (Lipinski definition) is 2. The third kappa shape index (κ3) is 2.08. The maximum absolute atomic E-state index is 11.7. The predicted molar refractivity (Wildman–Crippen MR) is 74.3 cm³/mol. The van der Waals surface area contributed by atoms with E-state index in [2.05, 4.69) is 6.07 Å². The molecule has 0 unspecified atom stereocenters. The summed E-state index contributed by atoms with van der Waals surface area (Å²) >= 11 is 0. The van der Waals surface area contributed by atoms with Crippen LogP contribution in [-0.2, 0) is 11.2 Å². The van der Waals surface area contributed by atoms with Crippen molar-refractivity contribution >= 4 is 11.7 Å². The molecule has 3 rings (SSSR count). The minimum atomic E-state index is -0.803. The van der Waals surface area contributed by atoms with Gasteiger partial charge in [-0.3, -0.25) is 0 Å². The van der Waals surface area contributed by atoms with Gasteiger partial charge in [0.1, 0.15) is 0 Å². The number of carboxylic acid groups (broad SMARTS) is 1. The monoisotopic (exact) mass is 253 g/mol. The van der Waals surface area contributed by atoms with Gasteiger partial charge in [-0.15, -0.1) is 0 Å². The minimum absolute atomic E-state index is 0.607. The van der Waals surface area contributed by atoms with E-state index in [-0.39, 0.29) is 0 Å². The molecule has 2 aromatic carbocycles. The molecule has 0 aliphatic carbocycles. The molecule has 1 heterocycles. The van der Waals surface area contributed by atoms with Crippen LogP contribution in [0.25, 0.3) is 0 Å². The first-order valence-corrected chi connectivity index (χ1v) is 6.39. The summed E-state index contributed by atoms with van der Waals surface area (Å²) in [4.78, 5) is 13.6. The van der Waals surface area contributed by atoms with Crippen LogP contribution in [0.3, 0.4) is 0 Å². The zero-order valence-corrected chi connectivity index (χ0v) is 10.5. The fraction of sp³-hybridized carbons (Fsp3) is 0.188. The largest absolute Gasteiger partial charge is 0.479 e. The number of aliphatic carboxylic acids is 1. The Balaban J connectivity index is 2.02. The highest BCUT2D eigenvalue weighted by molar-refractivity contribution is 5.81. The molecule has 96 valence electrons. The lowest BCUT2D eigenvalue weighted by Gasteiger charge is -2.27. The van der Waals surface area contributed by atoms with E-state index in [4.69, 9.17) is 0 Å². The van der Waals surface area contributed by atoms with Crippen LogP contribution < -0.4 is 4.90 Å². The summed E-state index contributed by atoms with van der Waals surface area (Å²) in [5, 5.41) is 9.57. The Hall–Kier alpha value is -2.29. The van der Waals surface area contributed by atoms with Gasteiger partial charge in [0.15, 0.2) is 6.04 Å². The lowest BCUT2D eigenvalue weighted by molar-refractivity contribution is -0.138. The lowest BCUT2D eigenvalue weighted by Crippen LogP contribution is -2.32. The van der Waals surface area contributed by atoms with E-state index in [0.717, 1.165) is 24.2 Å². The van der Waals surface area contributed by atoms with Crippen LogP contribution in [0, 0.1) is 0 Å². The van der Waals surface area contributed by atoms with Crippen LogP contribution in [0.15, 0.2) is 54.6 Å². The van der Waals surface area contributed by atoms with Crippen LogP contribution in [0.4, 0.5) is 5.69 Å². The zero-order valence-electron chi connectivity index (χ0n) is 10.5. The van der Waals surface area contributed by atoms with E-state index in [1.54, 1.807) is 0 Å². The Labute approximate surface area is 112 Å². The maximum atomic E-state index is 11.7. The van der Waals surface area contributed by atoms with E-state index in [0.29, 0.717) is 0 Å². The first kappa shape index (κ1) is 11.8. The van der Waals surface area contributed by atoms with Crippen molar-refractivity contribution in [1.29, 1.82) is 0 Å². The third-order valence-electron chi connectivity index (χ3n) is 3.58. The average molecular weight is 253 g/mol. The number of rotatable bonds is 3. The molecule has 3 heteroatoms. The van der Waals surface area contributed by atoms with Gasteiger partial charge in [0.2, 0.25) is 0 Å². The second kappa shape index (κ2) is 4.76. The number of hydrogen-bond donors (Lipinski definition) is 1. The summed E-state index contributed by atoms with van der Waals surface area (Å²) < 4.78 is 0. The van der Waals surface area contributed by atoms with E-state index in [1.165, 1.54) is 5.56 Å². The molecule has 19 heavy (non-hydrogen) atoms. The number of nitrogens with zero attached hydrogens (tertiary/aromatic N) is 1. The predicted octanol–water partition coefficient (Wildman–Crippen LogP) is 2.88. The Morgan fingerprint density at radius 1 is 1.05 bits per heavy atom. The molecule has 0 aromatic heterocycles. The van der Waals surface area contributed by atoms with Crippen LogP contribution in [-0.4, -0.2) is 17.6 Å². The molecule has 1 atom stereocenters. The van der Waals surface area contributed by atoms with Crippen molar-refractivity contribution in [3.63, 3.8) is 0 Å². The molecular weight excluding hydrogens is 238 g/mol. The van der Waals surface area contributed by atoms with Crippen molar-refractivity contribution in [2.45, 2.75) is 12.5 Å². The Kier molecular flexibility index (Phi) is 2.95. The lowest BCUT2D eigenvalue weighted by atomic mass is 10.1. The molecule has 0 radical (unpaired) electrons. The van der Waals surface area contributed by atoms with Crippen molar-refractivity contribution in [1.82, 2.24) is 0 Å². The summed E-state index contributed by atoms with van der Waals surface area (Å²) in [6.07, 6.45) is 0.910. The van der Waals surface area contributed by atoms with Gasteiger partial charge in [-0.1, -0.05) is 48.5 Å². The molecule has 0 saturated heterocycles. The minimum Gasteiger partial charge on any atom is -0.479 e. The van der Waals surface area contributed by atoms with Crippen LogP contribution in [0.5, 0.6) is 0 Å². The standard InChI is InChI=1S/C16H15NO2/c18-16(19)15(13-7-2-1-3-8-13)17-11-10-12-6-4-5-9-14(12)17/h1-9,15H,10-11H2,(H,18,19)/t15-/m0/s1. The van der Waals surface area contributed by atoms with Gasteiger partial charge in [-0.2, -0.15) is 0 Å². The summed E-state index contributed by atoms with van der Waals surface area (Å²) in [6.45, 7) is 0.755. The molecule has 0 spiro atoms. The van der Waals surface area contributed by atoms with Gasteiger partial charge in [0.05, 0.1) is 0 Å². The summed E-state index contributed by atoms with van der Waals surface area (Å²) in [6, 6.07) is 16.8. The molecule has 0 amide bonds. The Bertz CT molecular complexity index is 595. The van der Waals surface area contributed by atoms with Gasteiger partial charge in [0.25, 0.3) is 0 Å². The van der Waals surface area contributed by atoms with Crippen molar-refractivity contribution in [2.75, 3.05) is 11.4 Å². The second-order valence-electron chi connectivity index (χ2n) is 4.72. The smallest absolute Gasteiger partial charge is 0.331 e. The first-order valence-electron chi connectivity index (χ1n) is 6.39. The topological polar surface area (TPSA) is 40.5 Å². The zero-order chi connectivity index (χ0) is 13.2. The molecule has 0 bridgehead atoms. The summed E-state index contributed by atoms with van der Waals surface area (Å²) in [5.41, 5.74) is 3.09. The fourth-order valence-corrected chi connectivity index (χ4v) is 2.72.